The highest BCUT2D eigenvalue weighted by Crippen LogP contribution is 2.28. The van der Waals surface area contributed by atoms with Crippen LogP contribution in [0.5, 0.6) is 0 Å². The number of benzene rings is 1. The second kappa shape index (κ2) is 13.3. The number of nitrogens with zero attached hydrogens (tertiary/aromatic N) is 1. The third-order valence-electron chi connectivity index (χ3n) is 5.31. The van der Waals surface area contributed by atoms with E-state index < -0.39 is 36.3 Å². The smallest absolute Gasteiger partial charge is 0.408 e. The number of aliphatic hydroxyl groups excluding tert-OH is 1. The summed E-state index contributed by atoms with van der Waals surface area (Å²) >= 11 is 0. The molecule has 0 fully saturated rings. The molecule has 8 heteroatoms. The molecule has 1 aromatic carbocycles. The van der Waals surface area contributed by atoms with Gasteiger partial charge < -0.3 is 25.4 Å². The Balaban J connectivity index is 3.34. The number of ether oxygens (including phenoxy) is 1. The molecular weight excluding hydrogens is 434 g/mol. The van der Waals surface area contributed by atoms with Crippen molar-refractivity contribution in [2.75, 3.05) is 13.2 Å². The molecule has 0 saturated heterocycles. The van der Waals surface area contributed by atoms with Gasteiger partial charge >= 0.3 is 6.09 Å². The number of rotatable bonds is 11. The Morgan fingerprint density at radius 2 is 1.76 bits per heavy atom. The summed E-state index contributed by atoms with van der Waals surface area (Å²) in [5.74, 6) is -0.851. The SMILES string of the molecule is CCCCCNC(=O)C(c1ccc(C)cc1C)N(C(=O)C(CO)NC(=O)OC(C)(C)C)C(C)C. The summed E-state index contributed by atoms with van der Waals surface area (Å²) in [5.41, 5.74) is 1.87. The molecule has 192 valence electrons. The van der Waals surface area contributed by atoms with Crippen LogP contribution in [0.2, 0.25) is 0 Å². The van der Waals surface area contributed by atoms with Gasteiger partial charge in [0.15, 0.2) is 0 Å². The predicted octanol–water partition coefficient (Wildman–Crippen LogP) is 3.77. The predicted molar refractivity (Wildman–Crippen MR) is 133 cm³/mol. The minimum atomic E-state index is -1.25. The van der Waals surface area contributed by atoms with Crippen LogP contribution in [0.4, 0.5) is 4.79 Å². The van der Waals surface area contributed by atoms with Crippen molar-refractivity contribution in [1.29, 1.82) is 0 Å². The lowest BCUT2D eigenvalue weighted by atomic mass is 9.95. The number of hydrogen-bond acceptors (Lipinski definition) is 5. The topological polar surface area (TPSA) is 108 Å². The minimum absolute atomic E-state index is 0.293. The number of unbranched alkanes of at least 4 members (excludes halogenated alkanes) is 2. The number of carbonyl (C=O) groups excluding carboxylic acids is 3. The van der Waals surface area contributed by atoms with E-state index in [1.807, 2.05) is 32.0 Å². The second-order valence-corrected chi connectivity index (χ2v) is 9.98. The molecule has 0 heterocycles. The maximum Gasteiger partial charge on any atom is 0.408 e. The normalized spacial score (nSPS) is 13.2. The number of hydrogen-bond donors (Lipinski definition) is 3. The molecule has 0 radical (unpaired) electrons. The first kappa shape index (κ1) is 29.4. The van der Waals surface area contributed by atoms with Crippen molar-refractivity contribution >= 4 is 17.9 Å². The zero-order valence-corrected chi connectivity index (χ0v) is 22.0. The summed E-state index contributed by atoms with van der Waals surface area (Å²) in [7, 11) is 0. The van der Waals surface area contributed by atoms with Crippen molar-refractivity contribution in [3.63, 3.8) is 0 Å². The minimum Gasteiger partial charge on any atom is -0.444 e. The molecule has 0 aliphatic rings. The van der Waals surface area contributed by atoms with Gasteiger partial charge in [0, 0.05) is 12.6 Å². The van der Waals surface area contributed by atoms with Crippen molar-refractivity contribution in [3.05, 3.63) is 34.9 Å². The Labute approximate surface area is 204 Å². The molecule has 0 aliphatic carbocycles. The van der Waals surface area contributed by atoms with Crippen LogP contribution in [0, 0.1) is 13.8 Å². The first-order chi connectivity index (χ1) is 15.8. The van der Waals surface area contributed by atoms with Crippen molar-refractivity contribution in [3.8, 4) is 0 Å². The van der Waals surface area contributed by atoms with Crippen LogP contribution in [-0.2, 0) is 14.3 Å². The highest BCUT2D eigenvalue weighted by molar-refractivity contribution is 5.92. The molecule has 0 aromatic heterocycles. The lowest BCUT2D eigenvalue weighted by molar-refractivity contribution is -0.145. The first-order valence-electron chi connectivity index (χ1n) is 12.1. The van der Waals surface area contributed by atoms with Gasteiger partial charge in [-0.2, -0.15) is 0 Å². The Morgan fingerprint density at radius 1 is 1.12 bits per heavy atom. The summed E-state index contributed by atoms with van der Waals surface area (Å²) in [6.45, 7) is 14.6. The van der Waals surface area contributed by atoms with Crippen LogP contribution < -0.4 is 10.6 Å². The summed E-state index contributed by atoms with van der Waals surface area (Å²) in [4.78, 5) is 40.8. The molecule has 3 N–H and O–H groups in total. The summed E-state index contributed by atoms with van der Waals surface area (Å²) in [5, 5.41) is 15.4. The molecule has 3 amide bonds. The lowest BCUT2D eigenvalue weighted by Gasteiger charge is -2.37. The van der Waals surface area contributed by atoms with Gasteiger partial charge in [-0.1, -0.05) is 43.5 Å². The summed E-state index contributed by atoms with van der Waals surface area (Å²) in [6, 6.07) is 3.19. The van der Waals surface area contributed by atoms with Crippen LogP contribution in [0.25, 0.3) is 0 Å². The lowest BCUT2D eigenvalue weighted by Crippen LogP contribution is -2.56. The first-order valence-corrected chi connectivity index (χ1v) is 12.1. The van der Waals surface area contributed by atoms with Crippen LogP contribution in [0.1, 0.15) is 83.5 Å². The van der Waals surface area contributed by atoms with Crippen molar-refractivity contribution in [2.24, 2.45) is 0 Å². The Morgan fingerprint density at radius 3 is 2.26 bits per heavy atom. The van der Waals surface area contributed by atoms with Gasteiger partial charge in [-0.3, -0.25) is 9.59 Å². The van der Waals surface area contributed by atoms with E-state index in [0.29, 0.717) is 12.1 Å². The van der Waals surface area contributed by atoms with E-state index in [0.717, 1.165) is 30.4 Å². The Hall–Kier alpha value is -2.61. The van der Waals surface area contributed by atoms with E-state index in [4.69, 9.17) is 4.74 Å². The van der Waals surface area contributed by atoms with Crippen LogP contribution >= 0.6 is 0 Å². The molecule has 0 saturated carbocycles. The summed E-state index contributed by atoms with van der Waals surface area (Å²) in [6.07, 6.45) is 2.06. The molecular formula is C26H43N3O5. The number of alkyl carbamates (subject to hydrolysis) is 1. The number of amides is 3. The summed E-state index contributed by atoms with van der Waals surface area (Å²) < 4.78 is 5.25. The van der Waals surface area contributed by atoms with E-state index in [2.05, 4.69) is 17.6 Å². The average molecular weight is 478 g/mol. The van der Waals surface area contributed by atoms with Crippen LogP contribution in [0.3, 0.4) is 0 Å². The van der Waals surface area contributed by atoms with E-state index in [9.17, 15) is 19.5 Å². The Kier molecular flexibility index (Phi) is 11.5. The van der Waals surface area contributed by atoms with Gasteiger partial charge in [0.1, 0.15) is 17.7 Å². The van der Waals surface area contributed by atoms with Gasteiger partial charge in [0.05, 0.1) is 6.61 Å². The van der Waals surface area contributed by atoms with Crippen molar-refractivity contribution < 1.29 is 24.2 Å². The number of nitrogens with one attached hydrogen (secondary N) is 2. The molecule has 0 aliphatic heterocycles. The van der Waals surface area contributed by atoms with E-state index in [1.54, 1.807) is 34.6 Å². The van der Waals surface area contributed by atoms with Gasteiger partial charge in [-0.15, -0.1) is 0 Å². The zero-order valence-electron chi connectivity index (χ0n) is 22.0. The van der Waals surface area contributed by atoms with Crippen molar-refractivity contribution in [2.45, 2.75) is 98.4 Å². The van der Waals surface area contributed by atoms with Crippen LogP contribution in [0.15, 0.2) is 18.2 Å². The molecule has 0 bridgehead atoms. The van der Waals surface area contributed by atoms with Crippen molar-refractivity contribution in [1.82, 2.24) is 15.5 Å². The number of aliphatic hydroxyl groups is 1. The zero-order chi connectivity index (χ0) is 26.1. The molecule has 8 nitrogen and oxygen atoms in total. The highest BCUT2D eigenvalue weighted by atomic mass is 16.6. The molecule has 2 atom stereocenters. The molecule has 2 unspecified atom stereocenters. The molecule has 34 heavy (non-hydrogen) atoms. The fraction of sp³-hybridized carbons (Fsp3) is 0.654. The third kappa shape index (κ3) is 8.97. The van der Waals surface area contributed by atoms with Crippen LogP contribution in [-0.4, -0.2) is 58.8 Å². The third-order valence-corrected chi connectivity index (χ3v) is 5.31. The molecule has 1 aromatic rings. The quantitative estimate of drug-likeness (QED) is 0.421. The van der Waals surface area contributed by atoms with Gasteiger partial charge in [-0.05, 0) is 66.0 Å². The van der Waals surface area contributed by atoms with Gasteiger partial charge in [0.25, 0.3) is 0 Å². The molecule has 0 spiro atoms. The van der Waals surface area contributed by atoms with E-state index >= 15 is 0 Å². The van der Waals surface area contributed by atoms with Gasteiger partial charge in [0.2, 0.25) is 11.8 Å². The maximum atomic E-state index is 13.6. The number of carbonyl (C=O) groups is 3. The second-order valence-electron chi connectivity index (χ2n) is 9.98. The monoisotopic (exact) mass is 477 g/mol. The highest BCUT2D eigenvalue weighted by Gasteiger charge is 2.38. The fourth-order valence-electron chi connectivity index (χ4n) is 3.73. The number of aryl methyl sites for hydroxylation is 2. The molecule has 1 rings (SSSR count). The van der Waals surface area contributed by atoms with E-state index in [1.165, 1.54) is 4.90 Å². The average Bonchev–Trinajstić information content (AvgIpc) is 2.71. The maximum absolute atomic E-state index is 13.6. The largest absolute Gasteiger partial charge is 0.444 e. The van der Waals surface area contributed by atoms with E-state index in [-0.39, 0.29) is 11.9 Å². The Bertz CT molecular complexity index is 832. The fourth-order valence-corrected chi connectivity index (χ4v) is 3.73. The standard InChI is InChI=1S/C26H43N3O5/c1-9-10-11-14-27-23(31)22(20-13-12-18(4)15-19(20)5)29(17(2)3)24(32)21(16-30)28-25(33)34-26(6,7)8/h12-13,15,17,21-22,30H,9-11,14,16H2,1-8H3,(H,27,31)(H,28,33). The van der Waals surface area contributed by atoms with Gasteiger partial charge in [-0.25, -0.2) is 4.79 Å².